The lowest BCUT2D eigenvalue weighted by Crippen LogP contribution is -2.40. The first-order valence-corrected chi connectivity index (χ1v) is 11.3. The number of hydrogen-bond acceptors (Lipinski definition) is 7. The highest BCUT2D eigenvalue weighted by Gasteiger charge is 2.28. The van der Waals surface area contributed by atoms with E-state index < -0.39 is 11.6 Å². The lowest BCUT2D eigenvalue weighted by molar-refractivity contribution is -0.131. The van der Waals surface area contributed by atoms with Crippen molar-refractivity contribution in [3.05, 3.63) is 60.4 Å². The van der Waals surface area contributed by atoms with Crippen molar-refractivity contribution in [2.45, 2.75) is 25.3 Å². The number of nitriles is 1. The number of carbonyl (C=O) groups is 1. The molecule has 2 aromatic carbocycles. The highest BCUT2D eigenvalue weighted by molar-refractivity contribution is 5.98. The predicted octanol–water partition coefficient (Wildman–Crippen LogP) is 4.22. The molecule has 1 aliphatic rings. The molecule has 0 saturated carbocycles. The Morgan fingerprint density at radius 1 is 1.14 bits per heavy atom. The Labute approximate surface area is 204 Å². The van der Waals surface area contributed by atoms with Crippen molar-refractivity contribution in [2.24, 2.45) is 0 Å². The summed E-state index contributed by atoms with van der Waals surface area (Å²) in [5.41, 5.74) is 8.04. The Balaban J connectivity index is 1.47. The zero-order chi connectivity index (χ0) is 25.2. The standard InChI is InChI=1S/C25H21F2N7O2/c26-16-10-17(27)12-20(11-16)36-19-5-3-15(4-6-19)23-22-24(29)30-14-31-25(22)34(32-23)18-2-1-9-33(13-18)21(35)7-8-28/h3-6,10-12,14,18H,1-2,7,9,13H2,(H2,29,30,31)/t18-/m1/s1. The van der Waals surface area contributed by atoms with E-state index in [1.165, 1.54) is 6.33 Å². The van der Waals surface area contributed by atoms with Crippen LogP contribution in [-0.2, 0) is 4.79 Å². The number of nitrogen functional groups attached to an aromatic ring is 1. The van der Waals surface area contributed by atoms with Crippen molar-refractivity contribution in [3.63, 3.8) is 0 Å². The number of amides is 1. The molecule has 182 valence electrons. The van der Waals surface area contributed by atoms with Crippen molar-refractivity contribution in [1.82, 2.24) is 24.6 Å². The zero-order valence-electron chi connectivity index (χ0n) is 19.1. The average Bonchev–Trinajstić information content (AvgIpc) is 3.25. The number of halogens is 2. The molecule has 0 radical (unpaired) electrons. The van der Waals surface area contributed by atoms with E-state index in [9.17, 15) is 13.6 Å². The molecule has 1 aliphatic heterocycles. The van der Waals surface area contributed by atoms with Crippen LogP contribution in [0.4, 0.5) is 14.6 Å². The average molecular weight is 489 g/mol. The number of aromatic nitrogens is 4. The van der Waals surface area contributed by atoms with Crippen LogP contribution in [0.15, 0.2) is 48.8 Å². The Hall–Kier alpha value is -4.59. The summed E-state index contributed by atoms with van der Waals surface area (Å²) in [5.74, 6) is -0.975. The number of carbonyl (C=O) groups excluding carboxylic acids is 1. The van der Waals surface area contributed by atoms with Gasteiger partial charge in [0.1, 0.15) is 47.4 Å². The van der Waals surface area contributed by atoms with Gasteiger partial charge in [0.05, 0.1) is 17.5 Å². The molecule has 9 nitrogen and oxygen atoms in total. The van der Waals surface area contributed by atoms with Crippen LogP contribution in [0.5, 0.6) is 11.5 Å². The van der Waals surface area contributed by atoms with Crippen molar-refractivity contribution in [1.29, 1.82) is 5.26 Å². The third-order valence-electron chi connectivity index (χ3n) is 6.04. The fourth-order valence-corrected chi connectivity index (χ4v) is 4.42. The van der Waals surface area contributed by atoms with Crippen molar-refractivity contribution in [2.75, 3.05) is 18.8 Å². The quantitative estimate of drug-likeness (QED) is 0.445. The molecule has 1 atom stereocenters. The number of likely N-dealkylation sites (tertiary alicyclic amines) is 1. The van der Waals surface area contributed by atoms with Gasteiger partial charge >= 0.3 is 0 Å². The number of nitrogens with two attached hydrogens (primary N) is 1. The molecule has 4 aromatic rings. The summed E-state index contributed by atoms with van der Waals surface area (Å²) in [6, 6.07) is 11.6. The van der Waals surface area contributed by atoms with E-state index >= 15 is 0 Å². The summed E-state index contributed by atoms with van der Waals surface area (Å²) >= 11 is 0. The number of benzene rings is 2. The van der Waals surface area contributed by atoms with Gasteiger partial charge in [0.15, 0.2) is 5.65 Å². The number of nitrogens with zero attached hydrogens (tertiary/aromatic N) is 6. The molecule has 3 heterocycles. The number of ether oxygens (including phenoxy) is 1. The minimum absolute atomic E-state index is 0.0421. The normalized spacial score (nSPS) is 15.6. The van der Waals surface area contributed by atoms with E-state index in [4.69, 9.17) is 20.8 Å². The first kappa shape index (κ1) is 23.2. The van der Waals surface area contributed by atoms with E-state index in [1.54, 1.807) is 33.8 Å². The van der Waals surface area contributed by atoms with E-state index in [0.717, 1.165) is 31.0 Å². The van der Waals surface area contributed by atoms with Crippen LogP contribution in [0.1, 0.15) is 25.3 Å². The van der Waals surface area contributed by atoms with Crippen LogP contribution < -0.4 is 10.5 Å². The van der Waals surface area contributed by atoms with Gasteiger partial charge in [-0.1, -0.05) is 0 Å². The zero-order valence-corrected chi connectivity index (χ0v) is 19.1. The lowest BCUT2D eigenvalue weighted by atomic mass is 10.1. The van der Waals surface area contributed by atoms with Crippen LogP contribution in [0.3, 0.4) is 0 Å². The monoisotopic (exact) mass is 489 g/mol. The predicted molar refractivity (Wildman–Crippen MR) is 127 cm³/mol. The molecule has 0 bridgehead atoms. The maximum absolute atomic E-state index is 13.5. The first-order chi connectivity index (χ1) is 17.4. The lowest BCUT2D eigenvalue weighted by Gasteiger charge is -2.32. The number of fused-ring (bicyclic) bond motifs is 1. The largest absolute Gasteiger partial charge is 0.457 e. The maximum Gasteiger partial charge on any atom is 0.236 e. The maximum atomic E-state index is 13.5. The van der Waals surface area contributed by atoms with Gasteiger partial charge in [0.25, 0.3) is 0 Å². The van der Waals surface area contributed by atoms with Gasteiger partial charge in [0, 0.05) is 36.9 Å². The number of rotatable bonds is 5. The second kappa shape index (κ2) is 9.58. The topological polar surface area (TPSA) is 123 Å². The van der Waals surface area contributed by atoms with Gasteiger partial charge in [-0.2, -0.15) is 10.4 Å². The molecule has 0 spiro atoms. The smallest absolute Gasteiger partial charge is 0.236 e. The molecule has 1 amide bonds. The van der Waals surface area contributed by atoms with Gasteiger partial charge in [-0.25, -0.2) is 23.4 Å². The summed E-state index contributed by atoms with van der Waals surface area (Å²) in [7, 11) is 0. The highest BCUT2D eigenvalue weighted by atomic mass is 19.1. The van der Waals surface area contributed by atoms with Crippen LogP contribution in [0.25, 0.3) is 22.3 Å². The van der Waals surface area contributed by atoms with Gasteiger partial charge in [-0.3, -0.25) is 4.79 Å². The molecule has 0 unspecified atom stereocenters. The Bertz CT molecular complexity index is 1460. The summed E-state index contributed by atoms with van der Waals surface area (Å²) in [6.45, 7) is 1.01. The first-order valence-electron chi connectivity index (χ1n) is 11.3. The van der Waals surface area contributed by atoms with E-state index in [1.807, 2.05) is 6.07 Å². The Morgan fingerprint density at radius 3 is 2.61 bits per heavy atom. The van der Waals surface area contributed by atoms with Gasteiger partial charge in [0.2, 0.25) is 5.91 Å². The second-order valence-electron chi connectivity index (χ2n) is 8.45. The Morgan fingerprint density at radius 2 is 1.89 bits per heavy atom. The molecule has 0 aliphatic carbocycles. The molecule has 5 rings (SSSR count). The Kier molecular flexibility index (Phi) is 6.16. The van der Waals surface area contributed by atoms with Gasteiger partial charge < -0.3 is 15.4 Å². The molecular weight excluding hydrogens is 468 g/mol. The van der Waals surface area contributed by atoms with E-state index in [0.29, 0.717) is 41.1 Å². The van der Waals surface area contributed by atoms with Crippen LogP contribution in [0.2, 0.25) is 0 Å². The van der Waals surface area contributed by atoms with Crippen LogP contribution >= 0.6 is 0 Å². The highest BCUT2D eigenvalue weighted by Crippen LogP contribution is 2.35. The third kappa shape index (κ3) is 4.53. The van der Waals surface area contributed by atoms with Gasteiger partial charge in [-0.05, 0) is 37.1 Å². The number of hydrogen-bond donors (Lipinski definition) is 1. The van der Waals surface area contributed by atoms with Crippen molar-refractivity contribution < 1.29 is 18.3 Å². The molecule has 2 N–H and O–H groups in total. The summed E-state index contributed by atoms with van der Waals surface area (Å²) in [5, 5.41) is 14.3. The van der Waals surface area contributed by atoms with Crippen LogP contribution in [0, 0.1) is 23.0 Å². The fraction of sp³-hybridized carbons (Fsp3) is 0.240. The van der Waals surface area contributed by atoms with Gasteiger partial charge in [-0.15, -0.1) is 0 Å². The number of anilines is 1. The summed E-state index contributed by atoms with van der Waals surface area (Å²) < 4.78 is 34.3. The summed E-state index contributed by atoms with van der Waals surface area (Å²) in [4.78, 5) is 22.5. The molecular formula is C25H21F2N7O2. The molecule has 11 heteroatoms. The summed E-state index contributed by atoms with van der Waals surface area (Å²) in [6.07, 6.45) is 2.76. The molecule has 2 aromatic heterocycles. The fourth-order valence-electron chi connectivity index (χ4n) is 4.42. The molecule has 36 heavy (non-hydrogen) atoms. The second-order valence-corrected chi connectivity index (χ2v) is 8.45. The van der Waals surface area contributed by atoms with E-state index in [-0.39, 0.29) is 29.9 Å². The number of piperidine rings is 1. The third-order valence-corrected chi connectivity index (χ3v) is 6.04. The molecule has 1 fully saturated rings. The van der Waals surface area contributed by atoms with Crippen molar-refractivity contribution in [3.8, 4) is 28.8 Å². The van der Waals surface area contributed by atoms with E-state index in [2.05, 4.69) is 9.97 Å². The van der Waals surface area contributed by atoms with Crippen LogP contribution in [-0.4, -0.2) is 43.6 Å². The molecule has 1 saturated heterocycles. The minimum atomic E-state index is -0.732. The van der Waals surface area contributed by atoms with Crippen molar-refractivity contribution >= 4 is 22.8 Å². The SMILES string of the molecule is N#CCC(=O)N1CCC[C@@H](n2nc(-c3ccc(Oc4cc(F)cc(F)c4)cc3)c3c(N)ncnc32)C1. The minimum Gasteiger partial charge on any atom is -0.457 e.